The van der Waals surface area contributed by atoms with Crippen LogP contribution < -0.4 is 10.6 Å². The van der Waals surface area contributed by atoms with Gasteiger partial charge in [-0.1, -0.05) is 6.92 Å². The van der Waals surface area contributed by atoms with Gasteiger partial charge in [-0.15, -0.1) is 0 Å². The fourth-order valence-corrected chi connectivity index (χ4v) is 2.87. The molecule has 16 heavy (non-hydrogen) atoms. The molecule has 2 aliphatic rings. The summed E-state index contributed by atoms with van der Waals surface area (Å²) in [5.41, 5.74) is -0.450. The molecule has 0 aromatic heterocycles. The molecule has 0 bridgehead atoms. The van der Waals surface area contributed by atoms with Crippen molar-refractivity contribution in [1.29, 1.82) is 0 Å². The van der Waals surface area contributed by atoms with Gasteiger partial charge >= 0.3 is 0 Å². The first-order chi connectivity index (χ1) is 7.68. The fraction of sp³-hybridized carbons (Fsp3) is 1.00. The molecule has 0 radical (unpaired) electrons. The van der Waals surface area contributed by atoms with Crippen molar-refractivity contribution in [3.05, 3.63) is 0 Å². The molecule has 3 heteroatoms. The summed E-state index contributed by atoms with van der Waals surface area (Å²) in [6, 6.07) is 0.648. The molecule has 2 rings (SSSR count). The average molecular weight is 226 g/mol. The highest BCUT2D eigenvalue weighted by atomic mass is 16.3. The molecular formula is C13H26N2O. The maximum Gasteiger partial charge on any atom is 0.0795 e. The molecule has 1 aliphatic heterocycles. The molecule has 94 valence electrons. The van der Waals surface area contributed by atoms with Crippen LogP contribution in [0.3, 0.4) is 0 Å². The van der Waals surface area contributed by atoms with Gasteiger partial charge in [-0.25, -0.2) is 0 Å². The Bertz CT molecular complexity index is 206. The summed E-state index contributed by atoms with van der Waals surface area (Å²) in [7, 11) is 0. The van der Waals surface area contributed by atoms with Crippen molar-refractivity contribution < 1.29 is 5.11 Å². The fourth-order valence-electron chi connectivity index (χ4n) is 2.87. The van der Waals surface area contributed by atoms with Gasteiger partial charge in [0, 0.05) is 12.6 Å². The highest BCUT2D eigenvalue weighted by molar-refractivity contribution is 4.88. The van der Waals surface area contributed by atoms with E-state index >= 15 is 0 Å². The van der Waals surface area contributed by atoms with E-state index < -0.39 is 5.60 Å². The molecule has 0 aromatic carbocycles. The highest BCUT2D eigenvalue weighted by Gasteiger charge is 2.30. The van der Waals surface area contributed by atoms with Gasteiger partial charge in [0.05, 0.1) is 5.60 Å². The van der Waals surface area contributed by atoms with Crippen LogP contribution in [0, 0.1) is 5.92 Å². The van der Waals surface area contributed by atoms with Crippen LogP contribution in [0.2, 0.25) is 0 Å². The molecule has 3 nitrogen and oxygen atoms in total. The lowest BCUT2D eigenvalue weighted by Gasteiger charge is -2.35. The van der Waals surface area contributed by atoms with E-state index in [0.717, 1.165) is 38.4 Å². The maximum absolute atomic E-state index is 10.4. The van der Waals surface area contributed by atoms with Crippen LogP contribution in [0.5, 0.6) is 0 Å². The number of aliphatic hydroxyl groups is 1. The van der Waals surface area contributed by atoms with Crippen molar-refractivity contribution in [2.75, 3.05) is 19.6 Å². The number of nitrogens with one attached hydrogen (secondary N) is 2. The maximum atomic E-state index is 10.4. The molecule has 0 unspecified atom stereocenters. The van der Waals surface area contributed by atoms with Gasteiger partial charge in [-0.05, 0) is 57.5 Å². The molecule has 0 atom stereocenters. The Morgan fingerprint density at radius 2 is 1.81 bits per heavy atom. The summed E-state index contributed by atoms with van der Waals surface area (Å²) in [6.45, 7) is 5.05. The van der Waals surface area contributed by atoms with Gasteiger partial charge in [0.25, 0.3) is 0 Å². The first-order valence-electron chi connectivity index (χ1n) is 6.84. The van der Waals surface area contributed by atoms with Crippen molar-refractivity contribution >= 4 is 0 Å². The number of piperidine rings is 1. The largest absolute Gasteiger partial charge is 0.388 e. The van der Waals surface area contributed by atoms with Gasteiger partial charge < -0.3 is 15.7 Å². The molecule has 1 saturated carbocycles. The van der Waals surface area contributed by atoms with E-state index in [1.54, 1.807) is 0 Å². The highest BCUT2D eigenvalue weighted by Crippen LogP contribution is 2.24. The molecule has 2 fully saturated rings. The number of rotatable bonds is 3. The van der Waals surface area contributed by atoms with Crippen LogP contribution in [-0.4, -0.2) is 36.4 Å². The Hall–Kier alpha value is -0.120. The predicted molar refractivity (Wildman–Crippen MR) is 66.5 cm³/mol. The standard InChI is InChI=1S/C13H26N2O/c1-11-2-4-12(5-3-11)15-10-13(16)6-8-14-9-7-13/h11-12,14-16H,2-10H2,1H3. The Morgan fingerprint density at radius 3 is 2.44 bits per heavy atom. The quantitative estimate of drug-likeness (QED) is 0.679. The van der Waals surface area contributed by atoms with Gasteiger partial charge in [0.2, 0.25) is 0 Å². The van der Waals surface area contributed by atoms with Crippen LogP contribution >= 0.6 is 0 Å². The zero-order chi connectivity index (χ0) is 11.4. The number of hydrogen-bond donors (Lipinski definition) is 3. The average Bonchev–Trinajstić information content (AvgIpc) is 2.29. The van der Waals surface area contributed by atoms with Crippen LogP contribution in [0.1, 0.15) is 45.4 Å². The molecule has 1 saturated heterocycles. The minimum Gasteiger partial charge on any atom is -0.388 e. The van der Waals surface area contributed by atoms with Crippen molar-refractivity contribution in [3.63, 3.8) is 0 Å². The second kappa shape index (κ2) is 5.48. The van der Waals surface area contributed by atoms with Crippen LogP contribution in [0.25, 0.3) is 0 Å². The van der Waals surface area contributed by atoms with Crippen LogP contribution in [0.15, 0.2) is 0 Å². The molecule has 0 aromatic rings. The predicted octanol–water partition coefficient (Wildman–Crippen LogP) is 1.27. The minimum absolute atomic E-state index is 0.450. The lowest BCUT2D eigenvalue weighted by Crippen LogP contribution is -2.50. The third-order valence-electron chi connectivity index (χ3n) is 4.27. The first-order valence-corrected chi connectivity index (χ1v) is 6.84. The van der Waals surface area contributed by atoms with Gasteiger partial charge in [0.15, 0.2) is 0 Å². The summed E-state index contributed by atoms with van der Waals surface area (Å²) in [6.07, 6.45) is 7.05. The lowest BCUT2D eigenvalue weighted by atomic mass is 9.86. The van der Waals surface area contributed by atoms with E-state index in [9.17, 15) is 5.11 Å². The van der Waals surface area contributed by atoms with Crippen molar-refractivity contribution in [3.8, 4) is 0 Å². The van der Waals surface area contributed by atoms with Crippen molar-refractivity contribution in [2.45, 2.75) is 57.1 Å². The summed E-state index contributed by atoms with van der Waals surface area (Å²) < 4.78 is 0. The van der Waals surface area contributed by atoms with E-state index in [2.05, 4.69) is 17.6 Å². The van der Waals surface area contributed by atoms with Crippen LogP contribution in [0.4, 0.5) is 0 Å². The van der Waals surface area contributed by atoms with E-state index in [1.807, 2.05) is 0 Å². The summed E-state index contributed by atoms with van der Waals surface area (Å²) >= 11 is 0. The smallest absolute Gasteiger partial charge is 0.0795 e. The SMILES string of the molecule is CC1CCC(NCC2(O)CCNCC2)CC1. The number of hydrogen-bond acceptors (Lipinski definition) is 3. The molecule has 1 heterocycles. The molecule has 0 amide bonds. The summed E-state index contributed by atoms with van der Waals surface area (Å²) in [5, 5.41) is 17.2. The Kier molecular flexibility index (Phi) is 4.22. The molecular weight excluding hydrogens is 200 g/mol. The molecule has 3 N–H and O–H groups in total. The summed E-state index contributed by atoms with van der Waals surface area (Å²) in [5.74, 6) is 0.903. The Morgan fingerprint density at radius 1 is 1.19 bits per heavy atom. The third-order valence-corrected chi connectivity index (χ3v) is 4.27. The zero-order valence-electron chi connectivity index (χ0n) is 10.5. The lowest BCUT2D eigenvalue weighted by molar-refractivity contribution is 0.00745. The molecule has 0 spiro atoms. The summed E-state index contributed by atoms with van der Waals surface area (Å²) in [4.78, 5) is 0. The van der Waals surface area contributed by atoms with Gasteiger partial charge in [0.1, 0.15) is 0 Å². The van der Waals surface area contributed by atoms with Crippen LogP contribution in [-0.2, 0) is 0 Å². The van der Waals surface area contributed by atoms with E-state index in [1.165, 1.54) is 25.7 Å². The van der Waals surface area contributed by atoms with Crippen molar-refractivity contribution in [2.24, 2.45) is 5.92 Å². The second-order valence-electron chi connectivity index (χ2n) is 5.81. The zero-order valence-corrected chi connectivity index (χ0v) is 10.5. The van der Waals surface area contributed by atoms with E-state index in [-0.39, 0.29) is 0 Å². The van der Waals surface area contributed by atoms with Gasteiger partial charge in [-0.3, -0.25) is 0 Å². The van der Waals surface area contributed by atoms with E-state index in [4.69, 9.17) is 0 Å². The minimum atomic E-state index is -0.450. The topological polar surface area (TPSA) is 44.3 Å². The van der Waals surface area contributed by atoms with Gasteiger partial charge in [-0.2, -0.15) is 0 Å². The third kappa shape index (κ3) is 3.44. The normalized spacial score (nSPS) is 34.9. The Balaban J connectivity index is 1.70. The van der Waals surface area contributed by atoms with Crippen molar-refractivity contribution in [1.82, 2.24) is 10.6 Å². The van der Waals surface area contributed by atoms with E-state index in [0.29, 0.717) is 6.04 Å². The molecule has 1 aliphatic carbocycles. The Labute approximate surface area is 99.0 Å². The first kappa shape index (κ1) is 12.3. The monoisotopic (exact) mass is 226 g/mol. The second-order valence-corrected chi connectivity index (χ2v) is 5.81.